The molecular weight excluding hydrogens is 288 g/mol. The molecule has 2 heterocycles. The number of nitrogens with zero attached hydrogens (tertiary/aromatic N) is 2. The number of halogens is 1. The molecule has 0 saturated heterocycles. The van der Waals surface area contributed by atoms with Crippen molar-refractivity contribution < 1.29 is 0 Å². The van der Waals surface area contributed by atoms with Crippen molar-refractivity contribution in [3.8, 4) is 0 Å². The predicted octanol–water partition coefficient (Wildman–Crippen LogP) is 2.11. The second-order valence-corrected chi connectivity index (χ2v) is 6.02. The minimum Gasteiger partial charge on any atom is -0.275 e. The quantitative estimate of drug-likeness (QED) is 0.674. The lowest BCUT2D eigenvalue weighted by Gasteiger charge is -2.10. The van der Waals surface area contributed by atoms with Crippen LogP contribution in [0.5, 0.6) is 0 Å². The Kier molecular flexibility index (Phi) is 3.44. The van der Waals surface area contributed by atoms with Crippen molar-refractivity contribution in [3.05, 3.63) is 38.3 Å². The van der Waals surface area contributed by atoms with Gasteiger partial charge in [-0.25, -0.2) is 5.43 Å². The van der Waals surface area contributed by atoms with E-state index in [-0.39, 0.29) is 6.04 Å². The van der Waals surface area contributed by atoms with Gasteiger partial charge < -0.3 is 0 Å². The largest absolute Gasteiger partial charge is 0.275 e. The Labute approximate surface area is 107 Å². The van der Waals surface area contributed by atoms with Gasteiger partial charge in [0.15, 0.2) is 0 Å². The molecule has 0 aromatic carbocycles. The number of aromatic nitrogens is 2. The van der Waals surface area contributed by atoms with Gasteiger partial charge in [-0.05, 0) is 40.5 Å². The maximum Gasteiger partial charge on any atom is 0.0992 e. The normalized spacial score (nSPS) is 13.0. The summed E-state index contributed by atoms with van der Waals surface area (Å²) < 4.78 is 2.91. The van der Waals surface area contributed by atoms with Crippen LogP contribution in [-0.2, 0) is 7.05 Å². The summed E-state index contributed by atoms with van der Waals surface area (Å²) in [4.78, 5) is 1.16. The standard InChI is InChI=1S/C10H13BrN4S/c1-6-5-8(16-10(6)11)9(13-12)7-3-4-15(2)14-7/h3-5,9,13H,12H2,1-2H3. The minimum atomic E-state index is -0.0452. The highest BCUT2D eigenvalue weighted by Crippen LogP contribution is 2.33. The third-order valence-electron chi connectivity index (χ3n) is 2.36. The maximum absolute atomic E-state index is 5.60. The Morgan fingerprint density at radius 2 is 2.38 bits per heavy atom. The van der Waals surface area contributed by atoms with Crippen LogP contribution >= 0.6 is 27.3 Å². The number of hydrogen-bond donors (Lipinski definition) is 2. The van der Waals surface area contributed by atoms with Crippen molar-refractivity contribution in [1.29, 1.82) is 0 Å². The molecule has 0 spiro atoms. The van der Waals surface area contributed by atoms with Gasteiger partial charge in [0, 0.05) is 18.1 Å². The summed E-state index contributed by atoms with van der Waals surface area (Å²) >= 11 is 5.19. The molecular formula is C10H13BrN4S. The van der Waals surface area contributed by atoms with Crippen molar-refractivity contribution in [1.82, 2.24) is 15.2 Å². The zero-order chi connectivity index (χ0) is 11.7. The van der Waals surface area contributed by atoms with Gasteiger partial charge in [0.1, 0.15) is 0 Å². The van der Waals surface area contributed by atoms with Gasteiger partial charge in [-0.2, -0.15) is 5.10 Å². The molecule has 1 atom stereocenters. The van der Waals surface area contributed by atoms with Gasteiger partial charge in [0.2, 0.25) is 0 Å². The highest BCUT2D eigenvalue weighted by molar-refractivity contribution is 9.11. The molecule has 4 nitrogen and oxygen atoms in total. The number of thiophene rings is 1. The van der Waals surface area contributed by atoms with E-state index in [1.165, 1.54) is 5.56 Å². The van der Waals surface area contributed by atoms with E-state index in [1.807, 2.05) is 19.3 Å². The van der Waals surface area contributed by atoms with Gasteiger partial charge in [0.05, 0.1) is 15.5 Å². The number of nitrogens with two attached hydrogens (primary N) is 1. The maximum atomic E-state index is 5.60. The van der Waals surface area contributed by atoms with Crippen LogP contribution in [-0.4, -0.2) is 9.78 Å². The van der Waals surface area contributed by atoms with Gasteiger partial charge in [-0.3, -0.25) is 10.5 Å². The lowest BCUT2D eigenvalue weighted by atomic mass is 10.1. The second-order valence-electron chi connectivity index (χ2n) is 3.62. The Hall–Kier alpha value is -0.690. The van der Waals surface area contributed by atoms with Crippen molar-refractivity contribution in [2.45, 2.75) is 13.0 Å². The van der Waals surface area contributed by atoms with Gasteiger partial charge >= 0.3 is 0 Å². The molecule has 0 aliphatic rings. The fourth-order valence-electron chi connectivity index (χ4n) is 1.53. The van der Waals surface area contributed by atoms with E-state index in [9.17, 15) is 0 Å². The van der Waals surface area contributed by atoms with Crippen molar-refractivity contribution in [2.75, 3.05) is 0 Å². The number of hydrazine groups is 1. The van der Waals surface area contributed by atoms with Crippen LogP contribution in [0.2, 0.25) is 0 Å². The van der Waals surface area contributed by atoms with E-state index >= 15 is 0 Å². The smallest absolute Gasteiger partial charge is 0.0992 e. The average molecular weight is 301 g/mol. The van der Waals surface area contributed by atoms with E-state index in [0.29, 0.717) is 0 Å². The summed E-state index contributed by atoms with van der Waals surface area (Å²) in [5.41, 5.74) is 4.95. The number of hydrogen-bond acceptors (Lipinski definition) is 4. The molecule has 6 heteroatoms. The molecule has 0 fully saturated rings. The fraction of sp³-hybridized carbons (Fsp3) is 0.300. The van der Waals surface area contributed by atoms with Crippen LogP contribution in [0.25, 0.3) is 0 Å². The molecule has 0 aliphatic heterocycles. The monoisotopic (exact) mass is 300 g/mol. The highest BCUT2D eigenvalue weighted by Gasteiger charge is 2.18. The van der Waals surface area contributed by atoms with Crippen molar-refractivity contribution in [3.63, 3.8) is 0 Å². The predicted molar refractivity (Wildman–Crippen MR) is 69.1 cm³/mol. The Morgan fingerprint density at radius 3 is 2.81 bits per heavy atom. The first-order valence-corrected chi connectivity index (χ1v) is 6.44. The van der Waals surface area contributed by atoms with Crippen LogP contribution in [0.15, 0.2) is 22.1 Å². The zero-order valence-corrected chi connectivity index (χ0v) is 11.5. The second kappa shape index (κ2) is 4.67. The third-order valence-corrected chi connectivity index (χ3v) is 4.56. The lowest BCUT2D eigenvalue weighted by Crippen LogP contribution is -2.28. The topological polar surface area (TPSA) is 55.9 Å². The molecule has 1 unspecified atom stereocenters. The fourth-order valence-corrected chi connectivity index (χ4v) is 3.17. The van der Waals surface area contributed by atoms with Crippen LogP contribution in [0, 0.1) is 6.92 Å². The van der Waals surface area contributed by atoms with Crippen LogP contribution < -0.4 is 11.3 Å². The van der Waals surface area contributed by atoms with Crippen LogP contribution in [0.1, 0.15) is 22.2 Å². The molecule has 2 rings (SSSR count). The molecule has 0 aliphatic carbocycles. The number of nitrogens with one attached hydrogen (secondary N) is 1. The first-order valence-electron chi connectivity index (χ1n) is 4.83. The molecule has 3 N–H and O–H groups in total. The van der Waals surface area contributed by atoms with E-state index in [1.54, 1.807) is 16.0 Å². The van der Waals surface area contributed by atoms with E-state index in [2.05, 4.69) is 39.4 Å². The molecule has 0 radical (unpaired) electrons. The lowest BCUT2D eigenvalue weighted by molar-refractivity contribution is 0.611. The Bertz CT molecular complexity index is 471. The molecule has 2 aromatic rings. The summed E-state index contributed by atoms with van der Waals surface area (Å²) in [7, 11) is 1.90. The summed E-state index contributed by atoms with van der Waals surface area (Å²) in [5.74, 6) is 5.60. The van der Waals surface area contributed by atoms with E-state index < -0.39 is 0 Å². The summed E-state index contributed by atoms with van der Waals surface area (Å²) in [6.45, 7) is 2.07. The third kappa shape index (κ3) is 2.20. The van der Waals surface area contributed by atoms with Crippen molar-refractivity contribution >= 4 is 27.3 Å². The molecule has 2 aromatic heterocycles. The number of aryl methyl sites for hydroxylation is 2. The molecule has 0 amide bonds. The van der Waals surface area contributed by atoms with Gasteiger partial charge in [-0.1, -0.05) is 0 Å². The molecule has 16 heavy (non-hydrogen) atoms. The minimum absolute atomic E-state index is 0.0452. The molecule has 0 saturated carbocycles. The first-order chi connectivity index (χ1) is 7.61. The van der Waals surface area contributed by atoms with Crippen LogP contribution in [0.4, 0.5) is 0 Å². The number of rotatable bonds is 3. The van der Waals surface area contributed by atoms with Crippen molar-refractivity contribution in [2.24, 2.45) is 12.9 Å². The van der Waals surface area contributed by atoms with Crippen LogP contribution in [0.3, 0.4) is 0 Å². The average Bonchev–Trinajstić information content (AvgIpc) is 2.77. The summed E-state index contributed by atoms with van der Waals surface area (Å²) in [5, 5.41) is 4.36. The molecule has 0 bridgehead atoms. The summed E-state index contributed by atoms with van der Waals surface area (Å²) in [6, 6.07) is 4.04. The Morgan fingerprint density at radius 1 is 1.62 bits per heavy atom. The zero-order valence-electron chi connectivity index (χ0n) is 9.07. The molecule has 86 valence electrons. The Balaban J connectivity index is 2.36. The van der Waals surface area contributed by atoms with E-state index in [0.717, 1.165) is 14.4 Å². The summed E-state index contributed by atoms with van der Waals surface area (Å²) in [6.07, 6.45) is 1.91. The van der Waals surface area contributed by atoms with E-state index in [4.69, 9.17) is 5.84 Å². The van der Waals surface area contributed by atoms with Gasteiger partial charge in [-0.15, -0.1) is 11.3 Å². The first kappa shape index (κ1) is 11.8. The SMILES string of the molecule is Cc1cc(C(NN)c2ccn(C)n2)sc1Br. The van der Waals surface area contributed by atoms with Gasteiger partial charge in [0.25, 0.3) is 0 Å². The highest BCUT2D eigenvalue weighted by atomic mass is 79.9.